The molecule has 0 unspecified atom stereocenters. The van der Waals surface area contributed by atoms with E-state index in [2.05, 4.69) is 29.0 Å². The molecule has 0 saturated carbocycles. The zero-order chi connectivity index (χ0) is 10.7. The average Bonchev–Trinajstić information content (AvgIpc) is 2.19. The van der Waals surface area contributed by atoms with E-state index in [4.69, 9.17) is 23.2 Å². The van der Waals surface area contributed by atoms with Gasteiger partial charge < -0.3 is 4.90 Å². The van der Waals surface area contributed by atoms with Crippen molar-refractivity contribution >= 4 is 44.3 Å². The summed E-state index contributed by atoms with van der Waals surface area (Å²) < 4.78 is 0. The molecule has 1 nitrogen and oxygen atoms in total. The fraction of sp³-hybridized carbons (Fsp3) is 0.400. The predicted molar refractivity (Wildman–Crippen MR) is 65.4 cm³/mol. The fourth-order valence-electron chi connectivity index (χ4n) is 1.39. The summed E-state index contributed by atoms with van der Waals surface area (Å²) in [6.45, 7) is 6.00. The Morgan fingerprint density at radius 1 is 1.21 bits per heavy atom. The van der Waals surface area contributed by atoms with Crippen LogP contribution in [0.5, 0.6) is 0 Å². The van der Waals surface area contributed by atoms with E-state index in [9.17, 15) is 0 Å². The van der Waals surface area contributed by atoms with E-state index in [0.717, 1.165) is 24.0 Å². The zero-order valence-electron chi connectivity index (χ0n) is 8.27. The zero-order valence-corrected chi connectivity index (χ0v) is 10.8. The number of hydrogen-bond donors (Lipinski definition) is 0. The lowest BCUT2D eigenvalue weighted by Gasteiger charge is -2.24. The third-order valence-corrected chi connectivity index (χ3v) is 3.35. The lowest BCUT2D eigenvalue weighted by atomic mass is 10.2. The van der Waals surface area contributed by atoms with Gasteiger partial charge in [0.25, 0.3) is 0 Å². The van der Waals surface area contributed by atoms with Crippen LogP contribution in [0.4, 0.5) is 5.69 Å². The second-order valence-corrected chi connectivity index (χ2v) is 4.25. The molecule has 0 saturated heterocycles. The van der Waals surface area contributed by atoms with Gasteiger partial charge in [0.15, 0.2) is 0 Å². The second-order valence-electron chi connectivity index (χ2n) is 2.93. The van der Waals surface area contributed by atoms with Crippen LogP contribution >= 0.6 is 23.2 Å². The van der Waals surface area contributed by atoms with Gasteiger partial charge in [-0.25, -0.2) is 0 Å². The molecule has 0 spiro atoms. The first kappa shape index (κ1) is 11.9. The van der Waals surface area contributed by atoms with E-state index in [1.807, 2.05) is 6.07 Å². The van der Waals surface area contributed by atoms with Crippen LogP contribution < -0.4 is 10.1 Å². The van der Waals surface area contributed by atoms with E-state index in [-0.39, 0.29) is 0 Å². The lowest BCUT2D eigenvalue weighted by Crippen LogP contribution is -2.28. The van der Waals surface area contributed by atoms with Gasteiger partial charge >= 0.3 is 0 Å². The highest BCUT2D eigenvalue weighted by atomic mass is 35.5. The number of benzene rings is 1. The summed E-state index contributed by atoms with van der Waals surface area (Å²) in [4.78, 5) is 2.16. The van der Waals surface area contributed by atoms with Gasteiger partial charge in [-0.2, -0.15) is 0 Å². The molecule has 75 valence electrons. The third-order valence-electron chi connectivity index (χ3n) is 2.15. The summed E-state index contributed by atoms with van der Waals surface area (Å²) in [6, 6.07) is 3.71. The molecule has 0 aliphatic carbocycles. The molecule has 0 aliphatic rings. The van der Waals surface area contributed by atoms with E-state index < -0.39 is 0 Å². The largest absolute Gasteiger partial charge is 0.371 e. The Hall–Kier alpha value is -0.183. The number of anilines is 1. The van der Waals surface area contributed by atoms with Crippen molar-refractivity contribution in [1.29, 1.82) is 0 Å². The Bertz CT molecular complexity index is 324. The van der Waals surface area contributed by atoms with Gasteiger partial charge in [0.05, 0.1) is 26.0 Å². The molecule has 0 amide bonds. The SMILES string of the molecule is CCN(CC)c1c([Si])ccc(Cl)c1Cl. The van der Waals surface area contributed by atoms with Gasteiger partial charge in [-0.05, 0) is 25.1 Å². The summed E-state index contributed by atoms with van der Waals surface area (Å²) >= 11 is 12.1. The summed E-state index contributed by atoms with van der Waals surface area (Å²) in [5.74, 6) is 0. The van der Waals surface area contributed by atoms with Gasteiger partial charge in [-0.3, -0.25) is 0 Å². The van der Waals surface area contributed by atoms with Gasteiger partial charge in [0.2, 0.25) is 0 Å². The highest BCUT2D eigenvalue weighted by Gasteiger charge is 2.12. The molecule has 1 aromatic rings. The minimum atomic E-state index is 0.593. The number of hydrogen-bond acceptors (Lipinski definition) is 1. The van der Waals surface area contributed by atoms with Gasteiger partial charge in [0, 0.05) is 13.1 Å². The minimum absolute atomic E-state index is 0.593. The van der Waals surface area contributed by atoms with E-state index in [1.165, 1.54) is 0 Å². The van der Waals surface area contributed by atoms with Crippen LogP contribution in [-0.2, 0) is 0 Å². The molecule has 14 heavy (non-hydrogen) atoms. The predicted octanol–water partition coefficient (Wildman–Crippen LogP) is 2.63. The van der Waals surface area contributed by atoms with Gasteiger partial charge in [-0.15, -0.1) is 0 Å². The van der Waals surface area contributed by atoms with Crippen LogP contribution in [0.3, 0.4) is 0 Å². The number of nitrogens with zero attached hydrogens (tertiary/aromatic N) is 1. The van der Waals surface area contributed by atoms with Crippen molar-refractivity contribution in [2.45, 2.75) is 13.8 Å². The fourth-order valence-corrected chi connectivity index (χ4v) is 2.27. The van der Waals surface area contributed by atoms with Crippen molar-refractivity contribution in [1.82, 2.24) is 0 Å². The summed E-state index contributed by atoms with van der Waals surface area (Å²) in [6.07, 6.45) is 0. The minimum Gasteiger partial charge on any atom is -0.371 e. The molecule has 0 aliphatic heterocycles. The molecular weight excluding hydrogens is 233 g/mol. The van der Waals surface area contributed by atoms with Crippen LogP contribution in [0.25, 0.3) is 0 Å². The number of halogens is 2. The van der Waals surface area contributed by atoms with Gasteiger partial charge in [-0.1, -0.05) is 29.3 Å². The molecule has 0 aromatic heterocycles. The molecule has 4 heteroatoms. The maximum atomic E-state index is 6.15. The van der Waals surface area contributed by atoms with Crippen molar-refractivity contribution in [2.75, 3.05) is 18.0 Å². The maximum absolute atomic E-state index is 6.15. The molecule has 0 N–H and O–H groups in total. The highest BCUT2D eigenvalue weighted by Crippen LogP contribution is 2.30. The van der Waals surface area contributed by atoms with E-state index >= 15 is 0 Å². The topological polar surface area (TPSA) is 3.24 Å². The first-order chi connectivity index (χ1) is 6.61. The Kier molecular flexibility index (Phi) is 4.29. The van der Waals surface area contributed by atoms with Crippen molar-refractivity contribution < 1.29 is 0 Å². The van der Waals surface area contributed by atoms with Crippen molar-refractivity contribution in [3.8, 4) is 0 Å². The summed E-state index contributed by atoms with van der Waals surface area (Å²) in [7, 11) is 3.53. The molecule has 0 atom stereocenters. The van der Waals surface area contributed by atoms with Crippen LogP contribution in [0, 0.1) is 0 Å². The van der Waals surface area contributed by atoms with Crippen molar-refractivity contribution in [3.05, 3.63) is 22.2 Å². The molecule has 3 radical (unpaired) electrons. The Morgan fingerprint density at radius 2 is 1.79 bits per heavy atom. The molecular formula is C10H12Cl2NSi. The molecule has 0 fully saturated rings. The quantitative estimate of drug-likeness (QED) is 0.740. The molecule has 1 aromatic carbocycles. The lowest BCUT2D eigenvalue weighted by molar-refractivity contribution is 0.869. The maximum Gasteiger partial charge on any atom is 0.0824 e. The standard InChI is InChI=1S/C10H12Cl2NSi/c1-3-13(4-2)10-8(14)6-5-7(11)9(10)12/h5-6H,3-4H2,1-2H3. The van der Waals surface area contributed by atoms with Crippen molar-refractivity contribution in [2.24, 2.45) is 0 Å². The van der Waals surface area contributed by atoms with Crippen LogP contribution in [0.1, 0.15) is 13.8 Å². The average molecular weight is 245 g/mol. The third kappa shape index (κ3) is 2.24. The van der Waals surface area contributed by atoms with Gasteiger partial charge in [0.1, 0.15) is 0 Å². The normalized spacial score (nSPS) is 10.4. The van der Waals surface area contributed by atoms with Crippen LogP contribution in [0.15, 0.2) is 12.1 Å². The van der Waals surface area contributed by atoms with E-state index in [1.54, 1.807) is 6.07 Å². The first-order valence-corrected chi connectivity index (χ1v) is 5.81. The second kappa shape index (κ2) is 5.05. The highest BCUT2D eigenvalue weighted by molar-refractivity contribution is 6.47. The molecule has 1 rings (SSSR count). The van der Waals surface area contributed by atoms with E-state index in [0.29, 0.717) is 10.0 Å². The smallest absolute Gasteiger partial charge is 0.0824 e. The van der Waals surface area contributed by atoms with Crippen molar-refractivity contribution in [3.63, 3.8) is 0 Å². The molecule has 0 heterocycles. The monoisotopic (exact) mass is 244 g/mol. The van der Waals surface area contributed by atoms with Crippen LogP contribution in [0.2, 0.25) is 10.0 Å². The number of rotatable bonds is 3. The summed E-state index contributed by atoms with van der Waals surface area (Å²) in [5, 5.41) is 2.18. The first-order valence-electron chi connectivity index (χ1n) is 4.56. The van der Waals surface area contributed by atoms with Crippen LogP contribution in [-0.4, -0.2) is 23.3 Å². The Balaban J connectivity index is 3.23. The Morgan fingerprint density at radius 3 is 2.29 bits per heavy atom. The molecule has 0 bridgehead atoms. The summed E-state index contributed by atoms with van der Waals surface area (Å²) in [5.41, 5.74) is 0.973. The Labute approximate surface area is 98.4 Å².